The zero-order valence-corrected chi connectivity index (χ0v) is 17.7. The van der Waals surface area contributed by atoms with Crippen molar-refractivity contribution >= 4 is 23.5 Å². The molecule has 1 aromatic rings. The Morgan fingerprint density at radius 1 is 1.27 bits per heavy atom. The second-order valence-corrected chi connectivity index (χ2v) is 6.64. The van der Waals surface area contributed by atoms with Gasteiger partial charge in [0.1, 0.15) is 0 Å². The SMILES string of the molecule is CCOC(=O)C1=C(COCCN=[N+]=[N-])NC(C)=C(C(=O)OC)C1c1ccccc1Cl. The summed E-state index contributed by atoms with van der Waals surface area (Å²) in [5.41, 5.74) is 10.3. The Bertz CT molecular complexity index is 922. The van der Waals surface area contributed by atoms with Crippen molar-refractivity contribution in [3.63, 3.8) is 0 Å². The van der Waals surface area contributed by atoms with Crippen LogP contribution in [0.2, 0.25) is 5.02 Å². The maximum atomic E-state index is 12.9. The first-order valence-corrected chi connectivity index (χ1v) is 9.63. The van der Waals surface area contributed by atoms with E-state index in [1.807, 2.05) is 0 Å². The molecule has 0 amide bonds. The monoisotopic (exact) mass is 434 g/mol. The standard InChI is InChI=1S/C20H23ClN4O5/c1-4-30-20(27)18-15(11-29-10-9-23-25-22)24-12(2)16(19(26)28-3)17(18)13-7-5-6-8-14(13)21/h5-8,17,24H,4,9-11H2,1-3H3. The van der Waals surface area contributed by atoms with Crippen molar-refractivity contribution in [3.05, 3.63) is 67.8 Å². The van der Waals surface area contributed by atoms with Crippen molar-refractivity contribution in [1.29, 1.82) is 0 Å². The number of hydrogen-bond donors (Lipinski definition) is 1. The van der Waals surface area contributed by atoms with Crippen LogP contribution in [0.5, 0.6) is 0 Å². The lowest BCUT2D eigenvalue weighted by atomic mass is 9.80. The van der Waals surface area contributed by atoms with Crippen molar-refractivity contribution in [2.45, 2.75) is 19.8 Å². The third-order valence-electron chi connectivity index (χ3n) is 4.41. The van der Waals surface area contributed by atoms with Crippen LogP contribution in [-0.2, 0) is 23.8 Å². The molecular formula is C20H23ClN4O5. The number of nitrogens with zero attached hydrogens (tertiary/aromatic N) is 3. The molecular weight excluding hydrogens is 412 g/mol. The molecule has 160 valence electrons. The maximum absolute atomic E-state index is 12.9. The Kier molecular flexibility index (Phi) is 8.73. The van der Waals surface area contributed by atoms with Crippen LogP contribution in [0.4, 0.5) is 0 Å². The molecule has 0 bridgehead atoms. The molecule has 2 rings (SSSR count). The Balaban J connectivity index is 2.59. The summed E-state index contributed by atoms with van der Waals surface area (Å²) in [6.45, 7) is 3.87. The number of carbonyl (C=O) groups is 2. The number of dihydropyridines is 1. The van der Waals surface area contributed by atoms with Crippen molar-refractivity contribution in [2.24, 2.45) is 5.11 Å². The van der Waals surface area contributed by atoms with E-state index in [0.717, 1.165) is 0 Å². The largest absolute Gasteiger partial charge is 0.466 e. The van der Waals surface area contributed by atoms with Gasteiger partial charge in [-0.05, 0) is 31.0 Å². The fourth-order valence-corrected chi connectivity index (χ4v) is 3.43. The number of methoxy groups -OCH3 is 1. The van der Waals surface area contributed by atoms with Crippen LogP contribution in [0.25, 0.3) is 10.4 Å². The molecule has 1 aliphatic heterocycles. The van der Waals surface area contributed by atoms with Gasteiger partial charge in [0.2, 0.25) is 0 Å². The summed E-state index contributed by atoms with van der Waals surface area (Å²) in [5, 5.41) is 6.87. The number of azide groups is 1. The zero-order chi connectivity index (χ0) is 22.1. The average Bonchev–Trinajstić information content (AvgIpc) is 2.73. The van der Waals surface area contributed by atoms with E-state index in [1.165, 1.54) is 7.11 Å². The van der Waals surface area contributed by atoms with Gasteiger partial charge >= 0.3 is 11.9 Å². The van der Waals surface area contributed by atoms with Crippen LogP contribution in [0.1, 0.15) is 25.3 Å². The van der Waals surface area contributed by atoms with Gasteiger partial charge in [0.25, 0.3) is 0 Å². The van der Waals surface area contributed by atoms with Crippen molar-refractivity contribution < 1.29 is 23.8 Å². The van der Waals surface area contributed by atoms with Gasteiger partial charge in [0.15, 0.2) is 0 Å². The second kappa shape index (κ2) is 11.3. The molecule has 1 N–H and O–H groups in total. The van der Waals surface area contributed by atoms with E-state index >= 15 is 0 Å². The molecule has 1 unspecified atom stereocenters. The summed E-state index contributed by atoms with van der Waals surface area (Å²) in [4.78, 5) is 28.2. The van der Waals surface area contributed by atoms with Crippen LogP contribution >= 0.6 is 11.6 Å². The van der Waals surface area contributed by atoms with E-state index in [2.05, 4.69) is 15.3 Å². The fourth-order valence-electron chi connectivity index (χ4n) is 3.19. The summed E-state index contributed by atoms with van der Waals surface area (Å²) in [6.07, 6.45) is 0. The number of rotatable bonds is 9. The molecule has 0 aromatic heterocycles. The number of benzene rings is 1. The van der Waals surface area contributed by atoms with Gasteiger partial charge in [-0.25, -0.2) is 9.59 Å². The van der Waals surface area contributed by atoms with Gasteiger partial charge in [-0.2, -0.15) is 0 Å². The molecule has 10 heteroatoms. The summed E-state index contributed by atoms with van der Waals surface area (Å²) in [7, 11) is 1.27. The number of hydrogen-bond acceptors (Lipinski definition) is 7. The Hall–Kier alpha value is -3.00. The normalized spacial score (nSPS) is 15.9. The van der Waals surface area contributed by atoms with Crippen LogP contribution in [0, 0.1) is 0 Å². The highest BCUT2D eigenvalue weighted by atomic mass is 35.5. The minimum absolute atomic E-state index is 0.0157. The molecule has 9 nitrogen and oxygen atoms in total. The first kappa shape index (κ1) is 23.3. The molecule has 1 aliphatic rings. The summed E-state index contributed by atoms with van der Waals surface area (Å²) >= 11 is 6.43. The number of halogens is 1. The van der Waals surface area contributed by atoms with Crippen LogP contribution in [0.15, 0.2) is 51.9 Å². The quantitative estimate of drug-likeness (QED) is 0.208. The topological polar surface area (TPSA) is 123 Å². The molecule has 1 heterocycles. The Labute approximate surface area is 179 Å². The molecule has 0 radical (unpaired) electrons. The van der Waals surface area contributed by atoms with E-state index in [1.54, 1.807) is 38.1 Å². The predicted octanol–water partition coefficient (Wildman–Crippen LogP) is 3.62. The molecule has 0 saturated carbocycles. The van der Waals surface area contributed by atoms with Gasteiger partial charge in [0, 0.05) is 22.2 Å². The number of nitrogens with one attached hydrogen (secondary N) is 1. The second-order valence-electron chi connectivity index (χ2n) is 6.23. The fraction of sp³-hybridized carbons (Fsp3) is 0.400. The Morgan fingerprint density at radius 2 is 2.00 bits per heavy atom. The van der Waals surface area contributed by atoms with Crippen molar-refractivity contribution in [2.75, 3.05) is 33.5 Å². The van der Waals surface area contributed by atoms with Crippen LogP contribution in [-0.4, -0.2) is 45.4 Å². The number of ether oxygens (including phenoxy) is 3. The highest BCUT2D eigenvalue weighted by molar-refractivity contribution is 6.31. The third-order valence-corrected chi connectivity index (χ3v) is 4.75. The van der Waals surface area contributed by atoms with Crippen LogP contribution < -0.4 is 5.32 Å². The maximum Gasteiger partial charge on any atom is 0.336 e. The van der Waals surface area contributed by atoms with E-state index in [0.29, 0.717) is 22.0 Å². The van der Waals surface area contributed by atoms with Gasteiger partial charge in [0.05, 0.1) is 49.7 Å². The molecule has 30 heavy (non-hydrogen) atoms. The summed E-state index contributed by atoms with van der Waals surface area (Å²) < 4.78 is 15.8. The molecule has 1 atom stereocenters. The summed E-state index contributed by atoms with van der Waals surface area (Å²) in [5.74, 6) is -1.99. The lowest BCUT2D eigenvalue weighted by Gasteiger charge is -2.31. The van der Waals surface area contributed by atoms with E-state index in [9.17, 15) is 9.59 Å². The first-order chi connectivity index (χ1) is 14.5. The lowest BCUT2D eigenvalue weighted by molar-refractivity contribution is -0.139. The lowest BCUT2D eigenvalue weighted by Crippen LogP contribution is -2.35. The summed E-state index contributed by atoms with van der Waals surface area (Å²) in [6, 6.07) is 6.96. The predicted molar refractivity (Wildman–Crippen MR) is 111 cm³/mol. The minimum atomic E-state index is -0.804. The molecule has 0 aliphatic carbocycles. The van der Waals surface area contributed by atoms with Gasteiger partial charge < -0.3 is 19.5 Å². The first-order valence-electron chi connectivity index (χ1n) is 9.25. The zero-order valence-electron chi connectivity index (χ0n) is 17.0. The highest BCUT2D eigenvalue weighted by Crippen LogP contribution is 2.41. The average molecular weight is 435 g/mol. The van der Waals surface area contributed by atoms with E-state index in [4.69, 9.17) is 31.3 Å². The van der Waals surface area contributed by atoms with E-state index in [-0.39, 0.29) is 37.5 Å². The molecule has 1 aromatic carbocycles. The number of esters is 2. The van der Waals surface area contributed by atoms with Crippen LogP contribution in [0.3, 0.4) is 0 Å². The molecule has 0 spiro atoms. The molecule has 0 saturated heterocycles. The van der Waals surface area contributed by atoms with Crippen molar-refractivity contribution in [3.8, 4) is 0 Å². The number of carbonyl (C=O) groups excluding carboxylic acids is 2. The number of allylic oxidation sites excluding steroid dienone is 1. The smallest absolute Gasteiger partial charge is 0.336 e. The van der Waals surface area contributed by atoms with Gasteiger partial charge in [-0.3, -0.25) is 0 Å². The third kappa shape index (κ3) is 5.33. The Morgan fingerprint density at radius 3 is 2.63 bits per heavy atom. The molecule has 0 fully saturated rings. The highest BCUT2D eigenvalue weighted by Gasteiger charge is 2.39. The van der Waals surface area contributed by atoms with Gasteiger partial charge in [-0.15, -0.1) is 0 Å². The van der Waals surface area contributed by atoms with E-state index < -0.39 is 17.9 Å². The van der Waals surface area contributed by atoms with Crippen molar-refractivity contribution in [1.82, 2.24) is 5.32 Å². The van der Waals surface area contributed by atoms with Gasteiger partial charge in [-0.1, -0.05) is 34.9 Å². The minimum Gasteiger partial charge on any atom is -0.466 e.